The molecule has 0 aromatic rings. The minimum Gasteiger partial charge on any atom is -0.456 e. The SMILES string of the molecule is CC1C(=O)OC([C@](C)(O)[C@H]2CC[C@H]3[C@@H]4C(O)C5OC56C(O)C=CC(=O)[C@]6(C)[C@H]4CC[C@@]32C)C(O)[C@@H]1C. The molecule has 0 aromatic carbocycles. The summed E-state index contributed by atoms with van der Waals surface area (Å²) in [4.78, 5) is 25.9. The number of fused-ring (bicyclic) bond motifs is 4. The number of aliphatic hydroxyl groups is 4. The van der Waals surface area contributed by atoms with Crippen LogP contribution in [-0.2, 0) is 19.1 Å². The van der Waals surface area contributed by atoms with E-state index in [1.807, 2.05) is 13.8 Å². The zero-order chi connectivity index (χ0) is 26.2. The first-order valence-corrected chi connectivity index (χ1v) is 13.6. The quantitative estimate of drug-likeness (QED) is 0.327. The van der Waals surface area contributed by atoms with Crippen LogP contribution in [0.1, 0.15) is 60.3 Å². The van der Waals surface area contributed by atoms with Crippen molar-refractivity contribution in [1.82, 2.24) is 0 Å². The van der Waals surface area contributed by atoms with Crippen LogP contribution in [0.15, 0.2) is 12.2 Å². The highest BCUT2D eigenvalue weighted by Crippen LogP contribution is 2.73. The number of esters is 1. The molecule has 6 rings (SSSR count). The number of aliphatic hydroxyl groups excluding tert-OH is 3. The first kappa shape index (κ1) is 25.0. The molecule has 0 aromatic heterocycles. The van der Waals surface area contributed by atoms with Gasteiger partial charge in [-0.05, 0) is 86.7 Å². The zero-order valence-corrected chi connectivity index (χ0v) is 21.8. The van der Waals surface area contributed by atoms with Crippen LogP contribution in [0.4, 0.5) is 0 Å². The molecule has 36 heavy (non-hydrogen) atoms. The fourth-order valence-corrected chi connectivity index (χ4v) is 9.88. The van der Waals surface area contributed by atoms with Gasteiger partial charge in [0.15, 0.2) is 11.9 Å². The molecule has 4 N–H and O–H groups in total. The molecule has 6 aliphatic rings. The van der Waals surface area contributed by atoms with Crippen LogP contribution in [0.25, 0.3) is 0 Å². The summed E-state index contributed by atoms with van der Waals surface area (Å²) >= 11 is 0. The number of hydrogen-bond acceptors (Lipinski definition) is 8. The van der Waals surface area contributed by atoms with Crippen LogP contribution in [0.2, 0.25) is 0 Å². The molecule has 0 radical (unpaired) electrons. The van der Waals surface area contributed by atoms with Gasteiger partial charge in [-0.15, -0.1) is 0 Å². The molecule has 0 bridgehead atoms. The molecule has 8 nitrogen and oxygen atoms in total. The van der Waals surface area contributed by atoms with E-state index < -0.39 is 59.0 Å². The molecular weight excluding hydrogens is 464 g/mol. The summed E-state index contributed by atoms with van der Waals surface area (Å²) in [6.07, 6.45) is 1.41. The van der Waals surface area contributed by atoms with Crippen molar-refractivity contribution in [3.05, 3.63) is 12.2 Å². The lowest BCUT2D eigenvalue weighted by Crippen LogP contribution is -2.68. The number of rotatable bonds is 2. The molecule has 2 heterocycles. The summed E-state index contributed by atoms with van der Waals surface area (Å²) in [5.41, 5.74) is -3.83. The highest BCUT2D eigenvalue weighted by molar-refractivity contribution is 5.98. The number of carbonyl (C=O) groups excluding carboxylic acids is 2. The second kappa shape index (κ2) is 7.41. The molecule has 5 fully saturated rings. The summed E-state index contributed by atoms with van der Waals surface area (Å²) in [6.45, 7) is 9.27. The highest BCUT2D eigenvalue weighted by atomic mass is 16.6. The largest absolute Gasteiger partial charge is 0.456 e. The van der Waals surface area contributed by atoms with E-state index in [9.17, 15) is 30.0 Å². The van der Waals surface area contributed by atoms with Crippen LogP contribution in [0, 0.1) is 46.3 Å². The Balaban J connectivity index is 1.34. The standard InChI is InChI=1S/C28H40O8/c1-12-13(2)24(33)35-22(20(12)31)27(5,34)16-7-6-14-19-15(10-11-25(14,16)3)26(4)17(29)8-9-18(30)28(26)23(36-28)21(19)32/h8-9,12-16,18-23,30-32,34H,6-7,10-11H2,1-5H3/t12-,13?,14+,15+,16+,18?,19+,20?,21?,22?,23?,25+,26+,27-,28?/m1/s1. The van der Waals surface area contributed by atoms with Gasteiger partial charge in [0.2, 0.25) is 0 Å². The Labute approximate surface area is 212 Å². The van der Waals surface area contributed by atoms with Gasteiger partial charge in [0.05, 0.1) is 23.5 Å². The van der Waals surface area contributed by atoms with Crippen molar-refractivity contribution in [1.29, 1.82) is 0 Å². The maximum absolute atomic E-state index is 13.3. The topological polar surface area (TPSA) is 137 Å². The van der Waals surface area contributed by atoms with Crippen molar-refractivity contribution >= 4 is 11.8 Å². The Morgan fingerprint density at radius 1 is 1.03 bits per heavy atom. The molecule has 7 unspecified atom stereocenters. The van der Waals surface area contributed by atoms with Crippen molar-refractivity contribution in [3.63, 3.8) is 0 Å². The molecule has 2 aliphatic heterocycles. The van der Waals surface area contributed by atoms with Gasteiger partial charge in [-0.2, -0.15) is 0 Å². The van der Waals surface area contributed by atoms with Crippen LogP contribution in [0.5, 0.6) is 0 Å². The normalized spacial score (nSPS) is 59.2. The van der Waals surface area contributed by atoms with E-state index in [1.165, 1.54) is 12.2 Å². The number of allylic oxidation sites excluding steroid dienone is 1. The minimum atomic E-state index is -1.46. The lowest BCUT2D eigenvalue weighted by Gasteiger charge is -2.60. The Hall–Kier alpha value is -1.32. The number of hydrogen-bond donors (Lipinski definition) is 4. The molecule has 200 valence electrons. The first-order chi connectivity index (χ1) is 16.7. The van der Waals surface area contributed by atoms with Crippen molar-refractivity contribution < 1.29 is 39.5 Å². The van der Waals surface area contributed by atoms with E-state index in [2.05, 4.69) is 6.92 Å². The fourth-order valence-electron chi connectivity index (χ4n) is 9.88. The Bertz CT molecular complexity index is 1020. The minimum absolute atomic E-state index is 0.0189. The average molecular weight is 505 g/mol. The van der Waals surface area contributed by atoms with Gasteiger partial charge in [-0.1, -0.05) is 20.8 Å². The van der Waals surface area contributed by atoms with Gasteiger partial charge in [0.25, 0.3) is 0 Å². The maximum Gasteiger partial charge on any atom is 0.309 e. The predicted molar refractivity (Wildman–Crippen MR) is 127 cm³/mol. The average Bonchev–Trinajstić information content (AvgIpc) is 3.50. The van der Waals surface area contributed by atoms with Crippen LogP contribution in [0.3, 0.4) is 0 Å². The predicted octanol–water partition coefficient (Wildman–Crippen LogP) is 1.37. The van der Waals surface area contributed by atoms with Crippen molar-refractivity contribution in [2.45, 2.75) is 102 Å². The van der Waals surface area contributed by atoms with Gasteiger partial charge in [0.1, 0.15) is 23.4 Å². The first-order valence-electron chi connectivity index (χ1n) is 13.6. The molecule has 2 saturated heterocycles. The zero-order valence-electron chi connectivity index (χ0n) is 21.8. The van der Waals surface area contributed by atoms with Crippen molar-refractivity contribution in [2.24, 2.45) is 46.3 Å². The van der Waals surface area contributed by atoms with E-state index >= 15 is 0 Å². The lowest BCUT2D eigenvalue weighted by atomic mass is 9.43. The van der Waals surface area contributed by atoms with E-state index in [4.69, 9.17) is 9.47 Å². The number of epoxide rings is 1. The number of ketones is 1. The number of cyclic esters (lactones) is 1. The van der Waals surface area contributed by atoms with Crippen LogP contribution in [-0.4, -0.2) is 73.9 Å². The Morgan fingerprint density at radius 2 is 1.72 bits per heavy atom. The summed E-state index contributed by atoms with van der Waals surface area (Å²) in [7, 11) is 0. The highest BCUT2D eigenvalue weighted by Gasteiger charge is 2.83. The van der Waals surface area contributed by atoms with Crippen LogP contribution < -0.4 is 0 Å². The Kier molecular flexibility index (Phi) is 5.14. The van der Waals surface area contributed by atoms with E-state index in [0.717, 1.165) is 12.8 Å². The maximum atomic E-state index is 13.3. The third-order valence-electron chi connectivity index (χ3n) is 12.2. The number of ether oxygens (including phenoxy) is 2. The lowest BCUT2D eigenvalue weighted by molar-refractivity contribution is -0.229. The monoisotopic (exact) mass is 504 g/mol. The molecule has 0 amide bonds. The molecule has 3 saturated carbocycles. The molecule has 15 atom stereocenters. The van der Waals surface area contributed by atoms with E-state index in [-0.39, 0.29) is 40.8 Å². The second-order valence-corrected chi connectivity index (χ2v) is 13.4. The third kappa shape index (κ3) is 2.68. The van der Waals surface area contributed by atoms with E-state index in [1.54, 1.807) is 13.8 Å². The molecule has 4 aliphatic carbocycles. The molecule has 8 heteroatoms. The van der Waals surface area contributed by atoms with Gasteiger partial charge in [0, 0.05) is 0 Å². The van der Waals surface area contributed by atoms with Gasteiger partial charge >= 0.3 is 5.97 Å². The van der Waals surface area contributed by atoms with Gasteiger partial charge < -0.3 is 29.9 Å². The summed E-state index contributed by atoms with van der Waals surface area (Å²) in [5, 5.41) is 45.4. The summed E-state index contributed by atoms with van der Waals surface area (Å²) in [5.74, 6) is -1.84. The summed E-state index contributed by atoms with van der Waals surface area (Å²) < 4.78 is 11.7. The second-order valence-electron chi connectivity index (χ2n) is 13.4. The summed E-state index contributed by atoms with van der Waals surface area (Å²) in [6, 6.07) is 0. The van der Waals surface area contributed by atoms with Crippen molar-refractivity contribution in [2.75, 3.05) is 0 Å². The smallest absolute Gasteiger partial charge is 0.309 e. The van der Waals surface area contributed by atoms with E-state index in [0.29, 0.717) is 12.8 Å². The molecule has 1 spiro atoms. The third-order valence-corrected chi connectivity index (χ3v) is 12.2. The molecular formula is C28H40O8. The van der Waals surface area contributed by atoms with Crippen LogP contribution >= 0.6 is 0 Å². The van der Waals surface area contributed by atoms with Gasteiger partial charge in [-0.25, -0.2) is 0 Å². The van der Waals surface area contributed by atoms with Gasteiger partial charge in [-0.3, -0.25) is 9.59 Å². The Morgan fingerprint density at radius 3 is 2.42 bits per heavy atom. The van der Waals surface area contributed by atoms with Crippen molar-refractivity contribution in [3.8, 4) is 0 Å². The number of carbonyl (C=O) groups is 2. The fraction of sp³-hybridized carbons (Fsp3) is 0.857.